The molecule has 0 aliphatic rings. The molecule has 1 rings (SSSR count). The van der Waals surface area contributed by atoms with Gasteiger partial charge in [-0.05, 0) is 45.0 Å². The number of hydrogen-bond acceptors (Lipinski definition) is 3. The van der Waals surface area contributed by atoms with E-state index in [1.807, 2.05) is 6.07 Å². The average Bonchev–Trinajstić information content (AvgIpc) is 2.50. The number of nitrogens with one attached hydrogen (secondary N) is 1. The molecule has 0 radical (unpaired) electrons. The maximum Gasteiger partial charge on any atom is 0.0931 e. The molecule has 0 aliphatic carbocycles. The zero-order chi connectivity index (χ0) is 10.4. The summed E-state index contributed by atoms with van der Waals surface area (Å²) in [6, 6.07) is 3.99. The van der Waals surface area contributed by atoms with Gasteiger partial charge in [0.25, 0.3) is 0 Å². The lowest BCUT2D eigenvalue weighted by Gasteiger charge is -2.05. The van der Waals surface area contributed by atoms with Crippen molar-refractivity contribution in [2.75, 3.05) is 13.1 Å². The van der Waals surface area contributed by atoms with Crippen molar-refractivity contribution in [2.24, 2.45) is 0 Å². The van der Waals surface area contributed by atoms with E-state index in [4.69, 9.17) is 16.7 Å². The molecule has 80 valence electrons. The Morgan fingerprint density at radius 3 is 2.86 bits per heavy atom. The number of aliphatic hydroxyl groups excluding tert-OH is 1. The third kappa shape index (κ3) is 4.96. The van der Waals surface area contributed by atoms with Crippen LogP contribution >= 0.6 is 22.9 Å². The Labute approximate surface area is 93.9 Å². The average molecular weight is 234 g/mol. The number of aliphatic hydroxyl groups is 1. The van der Waals surface area contributed by atoms with Gasteiger partial charge in [-0.3, -0.25) is 0 Å². The summed E-state index contributed by atoms with van der Waals surface area (Å²) in [6.45, 7) is 3.63. The normalized spacial score (nSPS) is 13.1. The van der Waals surface area contributed by atoms with Crippen LogP contribution in [0.4, 0.5) is 0 Å². The van der Waals surface area contributed by atoms with E-state index in [-0.39, 0.29) is 6.10 Å². The summed E-state index contributed by atoms with van der Waals surface area (Å²) < 4.78 is 0.851. The summed E-state index contributed by atoms with van der Waals surface area (Å²) in [4.78, 5) is 1.31. The Kier molecular flexibility index (Phi) is 5.48. The molecule has 1 atom stereocenters. The van der Waals surface area contributed by atoms with Crippen molar-refractivity contribution >= 4 is 22.9 Å². The van der Waals surface area contributed by atoms with Crippen LogP contribution < -0.4 is 5.32 Å². The fourth-order valence-electron chi connectivity index (χ4n) is 1.13. The SMILES string of the molecule is CC(O)CCNCCc1ccc(Cl)s1. The molecule has 1 heterocycles. The van der Waals surface area contributed by atoms with Gasteiger partial charge in [0.1, 0.15) is 0 Å². The van der Waals surface area contributed by atoms with E-state index in [0.29, 0.717) is 0 Å². The van der Waals surface area contributed by atoms with Crippen molar-refractivity contribution < 1.29 is 5.11 Å². The maximum absolute atomic E-state index is 9.02. The third-order valence-corrected chi connectivity index (χ3v) is 3.21. The van der Waals surface area contributed by atoms with Gasteiger partial charge >= 0.3 is 0 Å². The Morgan fingerprint density at radius 2 is 2.29 bits per heavy atom. The molecule has 0 aromatic carbocycles. The van der Waals surface area contributed by atoms with E-state index in [9.17, 15) is 0 Å². The van der Waals surface area contributed by atoms with Crippen LogP contribution in [0, 0.1) is 0 Å². The molecule has 0 saturated carbocycles. The van der Waals surface area contributed by atoms with Gasteiger partial charge in [-0.1, -0.05) is 11.6 Å². The van der Waals surface area contributed by atoms with Gasteiger partial charge in [-0.25, -0.2) is 0 Å². The first-order chi connectivity index (χ1) is 6.68. The van der Waals surface area contributed by atoms with E-state index in [1.54, 1.807) is 18.3 Å². The minimum Gasteiger partial charge on any atom is -0.393 e. The predicted molar refractivity (Wildman–Crippen MR) is 62.2 cm³/mol. The van der Waals surface area contributed by atoms with Crippen molar-refractivity contribution in [2.45, 2.75) is 25.9 Å². The van der Waals surface area contributed by atoms with E-state index >= 15 is 0 Å². The molecule has 2 N–H and O–H groups in total. The van der Waals surface area contributed by atoms with Crippen LogP contribution in [-0.2, 0) is 6.42 Å². The first-order valence-corrected chi connectivity index (χ1v) is 6.01. The smallest absolute Gasteiger partial charge is 0.0931 e. The Balaban J connectivity index is 2.04. The van der Waals surface area contributed by atoms with Crippen LogP contribution in [0.5, 0.6) is 0 Å². The third-order valence-electron chi connectivity index (χ3n) is 1.92. The quantitative estimate of drug-likeness (QED) is 0.740. The second-order valence-corrected chi connectivity index (χ2v) is 5.14. The van der Waals surface area contributed by atoms with Crippen LogP contribution in [0.3, 0.4) is 0 Å². The molecule has 0 saturated heterocycles. The van der Waals surface area contributed by atoms with Crippen LogP contribution in [0.1, 0.15) is 18.2 Å². The zero-order valence-electron chi connectivity index (χ0n) is 8.29. The number of rotatable bonds is 6. The second-order valence-electron chi connectivity index (χ2n) is 3.34. The molecule has 0 aliphatic heterocycles. The molecule has 0 fully saturated rings. The van der Waals surface area contributed by atoms with Crippen LogP contribution in [0.2, 0.25) is 4.34 Å². The summed E-state index contributed by atoms with van der Waals surface area (Å²) in [7, 11) is 0. The Bertz CT molecular complexity index is 262. The van der Waals surface area contributed by atoms with E-state index in [1.165, 1.54) is 4.88 Å². The van der Waals surface area contributed by atoms with Gasteiger partial charge in [-0.2, -0.15) is 0 Å². The predicted octanol–water partition coefficient (Wildman–Crippen LogP) is 2.30. The summed E-state index contributed by atoms with van der Waals surface area (Å²) in [5.41, 5.74) is 0. The fraction of sp³-hybridized carbons (Fsp3) is 0.600. The van der Waals surface area contributed by atoms with Crippen molar-refractivity contribution in [1.29, 1.82) is 0 Å². The first kappa shape index (κ1) is 12.0. The molecule has 1 aromatic rings. The molecule has 0 spiro atoms. The summed E-state index contributed by atoms with van der Waals surface area (Å²) in [5, 5.41) is 12.3. The highest BCUT2D eigenvalue weighted by Crippen LogP contribution is 2.21. The minimum absolute atomic E-state index is 0.210. The van der Waals surface area contributed by atoms with Gasteiger partial charge < -0.3 is 10.4 Å². The molecule has 0 bridgehead atoms. The van der Waals surface area contributed by atoms with Gasteiger partial charge in [0, 0.05) is 4.88 Å². The fourth-order valence-corrected chi connectivity index (χ4v) is 2.22. The van der Waals surface area contributed by atoms with Gasteiger partial charge in [-0.15, -0.1) is 11.3 Å². The molecule has 0 amide bonds. The Hall–Kier alpha value is -0.0900. The molecule has 1 unspecified atom stereocenters. The summed E-state index contributed by atoms with van der Waals surface area (Å²) in [5.74, 6) is 0. The van der Waals surface area contributed by atoms with Crippen molar-refractivity contribution in [3.63, 3.8) is 0 Å². The lowest BCUT2D eigenvalue weighted by molar-refractivity contribution is 0.184. The van der Waals surface area contributed by atoms with Crippen LogP contribution in [0.25, 0.3) is 0 Å². The van der Waals surface area contributed by atoms with E-state index in [0.717, 1.165) is 30.3 Å². The lowest BCUT2D eigenvalue weighted by atomic mass is 10.3. The topological polar surface area (TPSA) is 32.3 Å². The number of thiophene rings is 1. The van der Waals surface area contributed by atoms with Gasteiger partial charge in [0.15, 0.2) is 0 Å². The summed E-state index contributed by atoms with van der Waals surface area (Å²) >= 11 is 7.44. The lowest BCUT2D eigenvalue weighted by Crippen LogP contribution is -2.21. The minimum atomic E-state index is -0.210. The van der Waals surface area contributed by atoms with Crippen molar-refractivity contribution in [1.82, 2.24) is 5.32 Å². The van der Waals surface area contributed by atoms with Gasteiger partial charge in [0.2, 0.25) is 0 Å². The number of hydrogen-bond donors (Lipinski definition) is 2. The molecule has 4 heteroatoms. The molecular formula is C10H16ClNOS. The highest BCUT2D eigenvalue weighted by Gasteiger charge is 1.98. The standard InChI is InChI=1S/C10H16ClNOS/c1-8(13)4-6-12-7-5-9-2-3-10(11)14-9/h2-3,8,12-13H,4-7H2,1H3. The highest BCUT2D eigenvalue weighted by atomic mass is 35.5. The number of halogens is 1. The van der Waals surface area contributed by atoms with E-state index < -0.39 is 0 Å². The first-order valence-electron chi connectivity index (χ1n) is 4.81. The molecule has 2 nitrogen and oxygen atoms in total. The van der Waals surface area contributed by atoms with Crippen LogP contribution in [-0.4, -0.2) is 24.3 Å². The monoisotopic (exact) mass is 233 g/mol. The summed E-state index contributed by atoms with van der Waals surface area (Å²) in [6.07, 6.45) is 1.61. The van der Waals surface area contributed by atoms with Crippen molar-refractivity contribution in [3.05, 3.63) is 21.3 Å². The van der Waals surface area contributed by atoms with E-state index in [2.05, 4.69) is 11.4 Å². The maximum atomic E-state index is 9.02. The molecule has 14 heavy (non-hydrogen) atoms. The zero-order valence-corrected chi connectivity index (χ0v) is 9.87. The van der Waals surface area contributed by atoms with Crippen LogP contribution in [0.15, 0.2) is 12.1 Å². The molecular weight excluding hydrogens is 218 g/mol. The Morgan fingerprint density at radius 1 is 1.50 bits per heavy atom. The van der Waals surface area contributed by atoms with Crippen molar-refractivity contribution in [3.8, 4) is 0 Å². The highest BCUT2D eigenvalue weighted by molar-refractivity contribution is 7.16. The second kappa shape index (κ2) is 6.40. The molecule has 1 aromatic heterocycles. The van der Waals surface area contributed by atoms with Gasteiger partial charge in [0.05, 0.1) is 10.4 Å². The largest absolute Gasteiger partial charge is 0.393 e.